The number of hydrogen-bond donors (Lipinski definition) is 1. The van der Waals surface area contributed by atoms with E-state index in [1.165, 1.54) is 0 Å². The summed E-state index contributed by atoms with van der Waals surface area (Å²) in [6, 6.07) is 0. The summed E-state index contributed by atoms with van der Waals surface area (Å²) in [6.07, 6.45) is 0.300. The lowest BCUT2D eigenvalue weighted by Gasteiger charge is -2.32. The van der Waals surface area contributed by atoms with E-state index in [1.807, 2.05) is 0 Å². The number of hydrogen-bond acceptors (Lipinski definition) is 5. The highest BCUT2D eigenvalue weighted by Crippen LogP contribution is 2.36. The van der Waals surface area contributed by atoms with Crippen molar-refractivity contribution in [2.75, 3.05) is 6.61 Å². The Hall–Kier alpha value is -0.444. The monoisotopic (exact) mass is 284 g/mol. The zero-order valence-electron chi connectivity index (χ0n) is 9.93. The highest BCUT2D eigenvalue weighted by Gasteiger charge is 2.53. The molecule has 1 atom stereocenters. The van der Waals surface area contributed by atoms with Gasteiger partial charge in [-0.3, -0.25) is 14.1 Å². The third-order valence-electron chi connectivity index (χ3n) is 3.17. The van der Waals surface area contributed by atoms with Gasteiger partial charge in [0.2, 0.25) is 0 Å². The maximum atomic E-state index is 12.0. The minimum atomic E-state index is -4.62. The fraction of sp³-hybridized carbons (Fsp3) is 0.600. The van der Waals surface area contributed by atoms with Gasteiger partial charge in [0.25, 0.3) is 10.1 Å². The molecule has 0 aromatic rings. The Morgan fingerprint density at radius 3 is 2.50 bits per heavy atom. The fourth-order valence-corrected chi connectivity index (χ4v) is 2.75. The molecule has 96 valence electrons. The van der Waals surface area contributed by atoms with Gasteiger partial charge in [-0.1, -0.05) is 0 Å². The number of ketones is 2. The average molecular weight is 285 g/mol. The standard InChI is InChI=1S/C10H12O6S.Mg/c1-10(17(13,14)15)5-7(11)8-6(9(10)12)3-2-4-16-8;/h2-5H2,1H3,(H,13,14,15);. The number of carbonyl (C=O) groups excluding carboxylic acids is 2. The SMILES string of the molecule is CC1(S(=O)(=O)O)CC(=O)C2=C(CCCO2)C1=O.[Mg]. The van der Waals surface area contributed by atoms with Crippen LogP contribution in [0.1, 0.15) is 26.2 Å². The van der Waals surface area contributed by atoms with E-state index in [0.717, 1.165) is 6.92 Å². The van der Waals surface area contributed by atoms with Crippen molar-refractivity contribution in [3.05, 3.63) is 11.3 Å². The van der Waals surface area contributed by atoms with Gasteiger partial charge in [-0.05, 0) is 19.8 Å². The Morgan fingerprint density at radius 2 is 1.94 bits per heavy atom. The van der Waals surface area contributed by atoms with E-state index in [4.69, 9.17) is 9.29 Å². The molecular weight excluding hydrogens is 272 g/mol. The summed E-state index contributed by atoms with van der Waals surface area (Å²) in [5.74, 6) is -1.30. The van der Waals surface area contributed by atoms with Crippen LogP contribution in [0.25, 0.3) is 0 Å². The predicted octanol–water partition coefficient (Wildman–Crippen LogP) is -0.142. The quantitative estimate of drug-likeness (QED) is 0.531. The molecule has 2 rings (SSSR count). The molecule has 1 aliphatic carbocycles. The molecule has 0 aromatic carbocycles. The van der Waals surface area contributed by atoms with Crippen molar-refractivity contribution < 1.29 is 27.3 Å². The van der Waals surface area contributed by atoms with Crippen LogP contribution in [-0.4, -0.2) is 58.9 Å². The molecule has 1 aliphatic heterocycles. The molecule has 0 saturated carbocycles. The summed E-state index contributed by atoms with van der Waals surface area (Å²) in [5.41, 5.74) is 0.0904. The topological polar surface area (TPSA) is 97.7 Å². The number of Topliss-reactive ketones (excluding diaryl/α,β-unsaturated/α-hetero) is 2. The molecule has 2 radical (unpaired) electrons. The van der Waals surface area contributed by atoms with Crippen LogP contribution in [0.4, 0.5) is 0 Å². The van der Waals surface area contributed by atoms with E-state index in [0.29, 0.717) is 19.4 Å². The number of rotatable bonds is 1. The zero-order valence-corrected chi connectivity index (χ0v) is 12.2. The van der Waals surface area contributed by atoms with E-state index >= 15 is 0 Å². The lowest BCUT2D eigenvalue weighted by Crippen LogP contribution is -2.50. The molecule has 0 amide bonds. The van der Waals surface area contributed by atoms with Crippen LogP contribution in [0.5, 0.6) is 0 Å². The van der Waals surface area contributed by atoms with Crippen LogP contribution < -0.4 is 0 Å². The van der Waals surface area contributed by atoms with Gasteiger partial charge in [0.05, 0.1) is 6.61 Å². The van der Waals surface area contributed by atoms with Crippen molar-refractivity contribution in [2.24, 2.45) is 0 Å². The van der Waals surface area contributed by atoms with Crippen LogP contribution in [-0.2, 0) is 24.4 Å². The molecule has 1 unspecified atom stereocenters. The highest BCUT2D eigenvalue weighted by atomic mass is 32.2. The van der Waals surface area contributed by atoms with Gasteiger partial charge in [-0.25, -0.2) is 0 Å². The lowest BCUT2D eigenvalue weighted by molar-refractivity contribution is -0.128. The summed E-state index contributed by atoms with van der Waals surface area (Å²) in [6.45, 7) is 1.42. The van der Waals surface area contributed by atoms with Gasteiger partial charge in [-0.15, -0.1) is 0 Å². The summed E-state index contributed by atoms with van der Waals surface area (Å²) in [4.78, 5) is 23.8. The summed E-state index contributed by atoms with van der Waals surface area (Å²) in [7, 11) is -4.62. The Kier molecular flexibility index (Phi) is 4.26. The summed E-state index contributed by atoms with van der Waals surface area (Å²) < 4.78 is 34.7. The molecule has 8 heteroatoms. The first-order chi connectivity index (χ1) is 7.77. The van der Waals surface area contributed by atoms with E-state index in [2.05, 4.69) is 0 Å². The van der Waals surface area contributed by atoms with Crippen LogP contribution >= 0.6 is 0 Å². The fourth-order valence-electron chi connectivity index (χ4n) is 2.08. The molecule has 6 nitrogen and oxygen atoms in total. The third kappa shape index (κ3) is 2.22. The smallest absolute Gasteiger partial charge is 0.278 e. The molecule has 0 saturated heterocycles. The average Bonchev–Trinajstić information content (AvgIpc) is 2.25. The molecule has 18 heavy (non-hydrogen) atoms. The molecule has 2 aliphatic rings. The van der Waals surface area contributed by atoms with E-state index in [9.17, 15) is 18.0 Å². The van der Waals surface area contributed by atoms with Gasteiger partial charge >= 0.3 is 0 Å². The van der Waals surface area contributed by atoms with Crippen LogP contribution in [0.15, 0.2) is 11.3 Å². The first kappa shape index (κ1) is 15.6. The van der Waals surface area contributed by atoms with Gasteiger partial charge in [0.15, 0.2) is 22.1 Å². The first-order valence-corrected chi connectivity index (χ1v) is 6.62. The van der Waals surface area contributed by atoms with Crippen molar-refractivity contribution in [3.63, 3.8) is 0 Å². The van der Waals surface area contributed by atoms with Crippen molar-refractivity contribution in [3.8, 4) is 0 Å². The Morgan fingerprint density at radius 1 is 1.33 bits per heavy atom. The Labute approximate surface area is 121 Å². The molecule has 0 bridgehead atoms. The number of allylic oxidation sites excluding steroid dienone is 2. The molecule has 0 spiro atoms. The van der Waals surface area contributed by atoms with E-state index in [-0.39, 0.29) is 34.4 Å². The van der Waals surface area contributed by atoms with Gasteiger partial charge in [0.1, 0.15) is 0 Å². The zero-order chi connectivity index (χ0) is 12.8. The molecule has 0 fully saturated rings. The second-order valence-electron chi connectivity index (χ2n) is 4.39. The Balaban J connectivity index is 0.00000162. The minimum Gasteiger partial charge on any atom is -0.489 e. The van der Waals surface area contributed by atoms with Gasteiger partial charge in [0, 0.05) is 35.0 Å². The van der Waals surface area contributed by atoms with Gasteiger partial charge < -0.3 is 4.74 Å². The van der Waals surface area contributed by atoms with E-state index < -0.39 is 32.9 Å². The summed E-state index contributed by atoms with van der Waals surface area (Å²) >= 11 is 0. The highest BCUT2D eigenvalue weighted by molar-refractivity contribution is 7.88. The molecule has 0 aromatic heterocycles. The van der Waals surface area contributed by atoms with Crippen LogP contribution in [0.2, 0.25) is 0 Å². The van der Waals surface area contributed by atoms with Crippen molar-refractivity contribution in [1.29, 1.82) is 0 Å². The normalized spacial score (nSPS) is 28.3. The van der Waals surface area contributed by atoms with Crippen LogP contribution in [0.3, 0.4) is 0 Å². The minimum absolute atomic E-state index is 0. The second-order valence-corrected chi connectivity index (χ2v) is 6.25. The summed E-state index contributed by atoms with van der Waals surface area (Å²) in [5, 5.41) is 0. The first-order valence-electron chi connectivity index (χ1n) is 5.18. The maximum Gasteiger partial charge on any atom is 0.278 e. The Bertz CT molecular complexity index is 535. The van der Waals surface area contributed by atoms with Gasteiger partial charge in [-0.2, -0.15) is 8.42 Å². The third-order valence-corrected chi connectivity index (χ3v) is 4.63. The van der Waals surface area contributed by atoms with E-state index in [1.54, 1.807) is 0 Å². The molecular formula is C10H12MgO6S. The maximum absolute atomic E-state index is 12.0. The van der Waals surface area contributed by atoms with Crippen molar-refractivity contribution in [2.45, 2.75) is 30.9 Å². The lowest BCUT2D eigenvalue weighted by atomic mass is 9.83. The van der Waals surface area contributed by atoms with Crippen molar-refractivity contribution >= 4 is 44.7 Å². The molecule has 1 N–H and O–H groups in total. The second kappa shape index (κ2) is 4.91. The number of ether oxygens (including phenoxy) is 1. The van der Waals surface area contributed by atoms with Crippen molar-refractivity contribution in [1.82, 2.24) is 0 Å². The predicted molar refractivity (Wildman–Crippen MR) is 62.6 cm³/mol. The largest absolute Gasteiger partial charge is 0.489 e. The van der Waals surface area contributed by atoms with Crippen LogP contribution in [0, 0.1) is 0 Å². The number of carbonyl (C=O) groups is 2. The molecule has 1 heterocycles.